The summed E-state index contributed by atoms with van der Waals surface area (Å²) in [5.74, 6) is 0.225. The van der Waals surface area contributed by atoms with Gasteiger partial charge in [0.2, 0.25) is 5.91 Å². The van der Waals surface area contributed by atoms with Gasteiger partial charge in [-0.3, -0.25) is 4.79 Å². The molecular weight excluding hydrogens is 226 g/mol. The highest BCUT2D eigenvalue weighted by molar-refractivity contribution is 5.76. The zero-order valence-corrected chi connectivity index (χ0v) is 10.6. The van der Waals surface area contributed by atoms with Crippen LogP contribution in [0.2, 0.25) is 0 Å². The Morgan fingerprint density at radius 3 is 2.61 bits per heavy atom. The van der Waals surface area contributed by atoms with Crippen LogP contribution in [0.25, 0.3) is 0 Å². The zero-order valence-electron chi connectivity index (χ0n) is 10.6. The second-order valence-electron chi connectivity index (χ2n) is 4.69. The summed E-state index contributed by atoms with van der Waals surface area (Å²) < 4.78 is 0. The van der Waals surface area contributed by atoms with Crippen molar-refractivity contribution in [2.45, 2.75) is 18.9 Å². The first-order valence-corrected chi connectivity index (χ1v) is 6.56. The van der Waals surface area contributed by atoms with Crippen molar-refractivity contribution >= 4 is 5.91 Å². The molecule has 3 N–H and O–H groups in total. The third-order valence-electron chi connectivity index (χ3n) is 3.37. The number of rotatable bonds is 4. The lowest BCUT2D eigenvalue weighted by Crippen LogP contribution is -2.46. The van der Waals surface area contributed by atoms with Crippen LogP contribution in [-0.4, -0.2) is 37.0 Å². The Kier molecular flexibility index (Phi) is 4.73. The average molecular weight is 247 g/mol. The van der Waals surface area contributed by atoms with Crippen LogP contribution in [0.1, 0.15) is 24.4 Å². The number of nitrogens with one attached hydrogen (secondary N) is 1. The van der Waals surface area contributed by atoms with E-state index in [4.69, 9.17) is 5.73 Å². The number of carbonyl (C=O) groups excluding carboxylic acids is 1. The van der Waals surface area contributed by atoms with E-state index < -0.39 is 0 Å². The number of nitrogens with zero attached hydrogens (tertiary/aromatic N) is 1. The number of piperazine rings is 1. The van der Waals surface area contributed by atoms with Crippen LogP contribution < -0.4 is 11.1 Å². The summed E-state index contributed by atoms with van der Waals surface area (Å²) in [6.45, 7) is 3.44. The quantitative estimate of drug-likeness (QED) is 0.831. The summed E-state index contributed by atoms with van der Waals surface area (Å²) in [4.78, 5) is 13.9. The third kappa shape index (κ3) is 3.55. The Labute approximate surface area is 108 Å². The highest BCUT2D eigenvalue weighted by atomic mass is 16.2. The van der Waals surface area contributed by atoms with E-state index >= 15 is 0 Å². The van der Waals surface area contributed by atoms with Gasteiger partial charge in [-0.15, -0.1) is 0 Å². The molecule has 1 unspecified atom stereocenters. The second-order valence-corrected chi connectivity index (χ2v) is 4.69. The normalized spacial score (nSPS) is 17.5. The fourth-order valence-electron chi connectivity index (χ4n) is 2.22. The zero-order chi connectivity index (χ0) is 12.8. The van der Waals surface area contributed by atoms with Crippen molar-refractivity contribution in [3.8, 4) is 0 Å². The van der Waals surface area contributed by atoms with Crippen LogP contribution >= 0.6 is 0 Å². The molecule has 98 valence electrons. The Balaban J connectivity index is 1.78. The van der Waals surface area contributed by atoms with Crippen molar-refractivity contribution in [2.75, 3.05) is 26.2 Å². The predicted octanol–water partition coefficient (Wildman–Crippen LogP) is 0.898. The lowest BCUT2D eigenvalue weighted by Gasteiger charge is -2.27. The molecule has 0 aliphatic carbocycles. The Hall–Kier alpha value is -1.39. The fourth-order valence-corrected chi connectivity index (χ4v) is 2.22. The lowest BCUT2D eigenvalue weighted by atomic mass is 10.0. The molecule has 4 nitrogen and oxygen atoms in total. The van der Waals surface area contributed by atoms with E-state index in [1.165, 1.54) is 0 Å². The summed E-state index contributed by atoms with van der Waals surface area (Å²) in [6, 6.07) is 9.92. The molecular formula is C14H21N3O. The molecule has 0 spiro atoms. The fraction of sp³-hybridized carbons (Fsp3) is 0.500. The minimum absolute atomic E-state index is 0.0435. The molecule has 18 heavy (non-hydrogen) atoms. The standard InChI is InChI=1S/C14H21N3O/c15-13(12-4-2-1-3-5-12)6-7-14(18)17-10-8-16-9-11-17/h1-5,13,16H,6-11,15H2. The molecule has 0 bridgehead atoms. The van der Waals surface area contributed by atoms with Crippen molar-refractivity contribution in [2.24, 2.45) is 5.73 Å². The van der Waals surface area contributed by atoms with E-state index in [1.54, 1.807) is 0 Å². The van der Waals surface area contributed by atoms with E-state index in [-0.39, 0.29) is 11.9 Å². The van der Waals surface area contributed by atoms with E-state index in [9.17, 15) is 4.79 Å². The van der Waals surface area contributed by atoms with Crippen molar-refractivity contribution < 1.29 is 4.79 Å². The van der Waals surface area contributed by atoms with Crippen molar-refractivity contribution in [3.05, 3.63) is 35.9 Å². The molecule has 1 fully saturated rings. The van der Waals surface area contributed by atoms with Crippen molar-refractivity contribution in [1.29, 1.82) is 0 Å². The summed E-state index contributed by atoms with van der Waals surface area (Å²) >= 11 is 0. The van der Waals surface area contributed by atoms with Gasteiger partial charge in [-0.05, 0) is 12.0 Å². The van der Waals surface area contributed by atoms with Crippen molar-refractivity contribution in [1.82, 2.24) is 10.2 Å². The molecule has 1 atom stereocenters. The number of benzene rings is 1. The second kappa shape index (κ2) is 6.52. The minimum Gasteiger partial charge on any atom is -0.340 e. The highest BCUT2D eigenvalue weighted by Crippen LogP contribution is 2.15. The van der Waals surface area contributed by atoms with Gasteiger partial charge >= 0.3 is 0 Å². The topological polar surface area (TPSA) is 58.4 Å². The smallest absolute Gasteiger partial charge is 0.222 e. The van der Waals surface area contributed by atoms with Gasteiger partial charge in [-0.2, -0.15) is 0 Å². The highest BCUT2D eigenvalue weighted by Gasteiger charge is 2.17. The summed E-state index contributed by atoms with van der Waals surface area (Å²) in [6.07, 6.45) is 1.25. The molecule has 1 aliphatic rings. The maximum Gasteiger partial charge on any atom is 0.222 e. The van der Waals surface area contributed by atoms with Crippen LogP contribution in [0.4, 0.5) is 0 Å². The SMILES string of the molecule is NC(CCC(=O)N1CCNCC1)c1ccccc1. The Morgan fingerprint density at radius 1 is 1.28 bits per heavy atom. The van der Waals surface area contributed by atoms with Gasteiger partial charge in [-0.1, -0.05) is 30.3 Å². The minimum atomic E-state index is -0.0435. The lowest BCUT2D eigenvalue weighted by molar-refractivity contribution is -0.131. The molecule has 0 aromatic heterocycles. The summed E-state index contributed by atoms with van der Waals surface area (Å²) in [7, 11) is 0. The van der Waals surface area contributed by atoms with Gasteiger partial charge in [-0.25, -0.2) is 0 Å². The van der Waals surface area contributed by atoms with Gasteiger partial charge in [0.15, 0.2) is 0 Å². The molecule has 4 heteroatoms. The Morgan fingerprint density at radius 2 is 1.94 bits per heavy atom. The van der Waals surface area contributed by atoms with Crippen LogP contribution in [0.3, 0.4) is 0 Å². The monoisotopic (exact) mass is 247 g/mol. The maximum atomic E-state index is 12.0. The largest absolute Gasteiger partial charge is 0.340 e. The number of amides is 1. The van der Waals surface area contributed by atoms with E-state index in [2.05, 4.69) is 5.32 Å². The van der Waals surface area contributed by atoms with Gasteiger partial charge < -0.3 is 16.0 Å². The number of hydrogen-bond acceptors (Lipinski definition) is 3. The van der Waals surface area contributed by atoms with Gasteiger partial charge in [0.1, 0.15) is 0 Å². The molecule has 0 saturated carbocycles. The van der Waals surface area contributed by atoms with Gasteiger partial charge in [0.05, 0.1) is 0 Å². The number of hydrogen-bond donors (Lipinski definition) is 2. The van der Waals surface area contributed by atoms with E-state index in [1.807, 2.05) is 35.2 Å². The summed E-state index contributed by atoms with van der Waals surface area (Å²) in [5.41, 5.74) is 7.19. The first kappa shape index (κ1) is 13.1. The van der Waals surface area contributed by atoms with Gasteiger partial charge in [0, 0.05) is 38.6 Å². The molecule has 0 radical (unpaired) electrons. The number of carbonyl (C=O) groups is 1. The van der Waals surface area contributed by atoms with Crippen LogP contribution in [0, 0.1) is 0 Å². The number of nitrogens with two attached hydrogens (primary N) is 1. The van der Waals surface area contributed by atoms with Crippen molar-refractivity contribution in [3.63, 3.8) is 0 Å². The molecule has 1 saturated heterocycles. The molecule has 1 aromatic rings. The van der Waals surface area contributed by atoms with Crippen LogP contribution in [0.15, 0.2) is 30.3 Å². The first-order chi connectivity index (χ1) is 8.77. The molecule has 1 amide bonds. The van der Waals surface area contributed by atoms with E-state index in [0.717, 1.165) is 31.7 Å². The Bertz CT molecular complexity index is 374. The molecule has 2 rings (SSSR count). The average Bonchev–Trinajstić information content (AvgIpc) is 2.46. The third-order valence-corrected chi connectivity index (χ3v) is 3.37. The summed E-state index contributed by atoms with van der Waals surface area (Å²) in [5, 5.41) is 3.24. The van der Waals surface area contributed by atoms with E-state index in [0.29, 0.717) is 12.8 Å². The molecule has 1 heterocycles. The predicted molar refractivity (Wildman–Crippen MR) is 72.1 cm³/mol. The van der Waals surface area contributed by atoms with Crippen LogP contribution in [0.5, 0.6) is 0 Å². The molecule has 1 aliphatic heterocycles. The van der Waals surface area contributed by atoms with Gasteiger partial charge in [0.25, 0.3) is 0 Å². The first-order valence-electron chi connectivity index (χ1n) is 6.56. The van der Waals surface area contributed by atoms with Crippen LogP contribution in [-0.2, 0) is 4.79 Å². The molecule has 1 aromatic carbocycles. The maximum absolute atomic E-state index is 12.0.